The molecule has 0 heterocycles. The summed E-state index contributed by atoms with van der Waals surface area (Å²) < 4.78 is 31.8. The van der Waals surface area contributed by atoms with Crippen LogP contribution < -0.4 is 9.04 Å². The average Bonchev–Trinajstić information content (AvgIpc) is 2.79. The fourth-order valence-electron chi connectivity index (χ4n) is 3.68. The van der Waals surface area contributed by atoms with Crippen LogP contribution in [0.25, 0.3) is 0 Å². The van der Waals surface area contributed by atoms with E-state index in [0.717, 1.165) is 21.7 Å². The highest BCUT2D eigenvalue weighted by Gasteiger charge is 2.32. The first-order valence-corrected chi connectivity index (χ1v) is 12.6. The largest absolute Gasteiger partial charge is 0.495 e. The predicted molar refractivity (Wildman–Crippen MR) is 132 cm³/mol. The van der Waals surface area contributed by atoms with Gasteiger partial charge in [0.1, 0.15) is 11.8 Å². The van der Waals surface area contributed by atoms with Crippen LogP contribution in [-0.2, 0) is 27.9 Å². The van der Waals surface area contributed by atoms with Gasteiger partial charge in [-0.15, -0.1) is 0 Å². The quantitative estimate of drug-likeness (QED) is 0.438. The summed E-state index contributed by atoms with van der Waals surface area (Å²) in [6.45, 7) is 2.28. The minimum atomic E-state index is -3.79. The van der Waals surface area contributed by atoms with Crippen molar-refractivity contribution in [3.8, 4) is 5.75 Å². The summed E-state index contributed by atoms with van der Waals surface area (Å²) in [6.07, 6.45) is 1.08. The molecule has 6 nitrogen and oxygen atoms in total. The second-order valence-corrected chi connectivity index (χ2v) is 9.99. The first-order valence-electron chi connectivity index (χ1n) is 10.4. The van der Waals surface area contributed by atoms with Gasteiger partial charge in [-0.05, 0) is 36.2 Å². The number of sulfonamides is 1. The fourth-order valence-corrected chi connectivity index (χ4v) is 5.09. The number of benzene rings is 3. The van der Waals surface area contributed by atoms with Gasteiger partial charge in [-0.3, -0.25) is 9.10 Å². The molecule has 3 aromatic carbocycles. The van der Waals surface area contributed by atoms with E-state index < -0.39 is 16.1 Å². The lowest BCUT2D eigenvalue weighted by atomic mass is 10.1. The monoisotopic (exact) mass is 486 g/mol. The Balaban J connectivity index is 1.96. The van der Waals surface area contributed by atoms with Gasteiger partial charge in [-0.2, -0.15) is 0 Å². The van der Waals surface area contributed by atoms with Crippen LogP contribution in [0.5, 0.6) is 5.75 Å². The van der Waals surface area contributed by atoms with Crippen molar-refractivity contribution in [2.24, 2.45) is 0 Å². The van der Waals surface area contributed by atoms with E-state index in [2.05, 4.69) is 0 Å². The molecule has 0 saturated carbocycles. The molecule has 0 aliphatic rings. The van der Waals surface area contributed by atoms with Crippen LogP contribution >= 0.6 is 11.6 Å². The molecule has 0 bridgehead atoms. The van der Waals surface area contributed by atoms with Crippen LogP contribution in [0, 0.1) is 0 Å². The van der Waals surface area contributed by atoms with E-state index in [0.29, 0.717) is 24.5 Å². The molecule has 0 radical (unpaired) electrons. The van der Waals surface area contributed by atoms with Crippen molar-refractivity contribution in [2.75, 3.05) is 17.7 Å². The third-order valence-electron chi connectivity index (χ3n) is 5.20. The molecule has 174 valence electrons. The molecule has 0 aromatic heterocycles. The molecule has 3 rings (SSSR count). The smallest absolute Gasteiger partial charge is 0.246 e. The van der Waals surface area contributed by atoms with Gasteiger partial charge in [0.05, 0.1) is 24.1 Å². The molecule has 0 saturated heterocycles. The molecule has 0 N–H and O–H groups in total. The molecule has 0 unspecified atom stereocenters. The Morgan fingerprint density at radius 3 is 1.88 bits per heavy atom. The van der Waals surface area contributed by atoms with E-state index in [1.165, 1.54) is 13.2 Å². The predicted octanol–water partition coefficient (Wildman–Crippen LogP) is 4.73. The molecule has 0 fully saturated rings. The summed E-state index contributed by atoms with van der Waals surface area (Å²) in [6, 6.07) is 22.9. The summed E-state index contributed by atoms with van der Waals surface area (Å²) in [4.78, 5) is 15.3. The van der Waals surface area contributed by atoms with E-state index >= 15 is 0 Å². The van der Waals surface area contributed by atoms with Crippen LogP contribution in [-0.4, -0.2) is 38.6 Å². The van der Waals surface area contributed by atoms with E-state index in [-0.39, 0.29) is 10.9 Å². The normalized spacial score (nSPS) is 12.1. The molecular formula is C25H27ClN2O4S. The van der Waals surface area contributed by atoms with E-state index in [1.807, 2.05) is 60.7 Å². The van der Waals surface area contributed by atoms with Crippen molar-refractivity contribution >= 4 is 33.2 Å². The molecule has 0 aliphatic carbocycles. The van der Waals surface area contributed by atoms with Gasteiger partial charge in [-0.1, -0.05) is 72.3 Å². The summed E-state index contributed by atoms with van der Waals surface area (Å²) in [7, 11) is -2.31. The number of carbonyl (C=O) groups is 1. The van der Waals surface area contributed by atoms with Crippen molar-refractivity contribution in [3.63, 3.8) is 0 Å². The minimum absolute atomic E-state index is 0.258. The zero-order valence-corrected chi connectivity index (χ0v) is 20.4. The maximum absolute atomic E-state index is 13.7. The minimum Gasteiger partial charge on any atom is -0.495 e. The number of ether oxygens (including phenoxy) is 1. The SMILES string of the molecule is COc1ccc(N([C@@H](C)C(=O)N(Cc2ccccc2)Cc2ccccc2)S(C)(=O)=O)cc1Cl. The van der Waals surface area contributed by atoms with Crippen LogP contribution in [0.15, 0.2) is 78.9 Å². The summed E-state index contributed by atoms with van der Waals surface area (Å²) in [5.74, 6) is 0.0997. The maximum Gasteiger partial charge on any atom is 0.246 e. The number of halogens is 1. The van der Waals surface area contributed by atoms with E-state index in [4.69, 9.17) is 16.3 Å². The topological polar surface area (TPSA) is 66.9 Å². The fraction of sp³-hybridized carbons (Fsp3) is 0.240. The molecule has 0 aliphatic heterocycles. The van der Waals surface area contributed by atoms with Gasteiger partial charge >= 0.3 is 0 Å². The Kier molecular flexibility index (Phi) is 8.00. The Labute approximate surface area is 200 Å². The van der Waals surface area contributed by atoms with Crippen LogP contribution in [0.2, 0.25) is 5.02 Å². The van der Waals surface area contributed by atoms with Crippen LogP contribution in [0.1, 0.15) is 18.1 Å². The summed E-state index contributed by atoms with van der Waals surface area (Å²) in [5, 5.41) is 0.258. The van der Waals surface area contributed by atoms with Gasteiger partial charge in [0, 0.05) is 13.1 Å². The van der Waals surface area contributed by atoms with E-state index in [1.54, 1.807) is 24.0 Å². The number of hydrogen-bond acceptors (Lipinski definition) is 4. The molecule has 1 atom stereocenters. The van der Waals surface area contributed by atoms with Gasteiger partial charge < -0.3 is 9.64 Å². The van der Waals surface area contributed by atoms with Crippen molar-refractivity contribution in [1.29, 1.82) is 0 Å². The first-order chi connectivity index (χ1) is 15.7. The standard InChI is InChI=1S/C25H27ClN2O4S/c1-19(28(33(3,30)31)22-14-15-24(32-2)23(26)16-22)25(29)27(17-20-10-6-4-7-11-20)18-21-12-8-5-9-13-21/h4-16,19H,17-18H2,1-3H3/t19-/m0/s1. The van der Waals surface area contributed by atoms with Gasteiger partial charge in [-0.25, -0.2) is 8.42 Å². The van der Waals surface area contributed by atoms with Crippen molar-refractivity contribution in [3.05, 3.63) is 95.0 Å². The molecule has 3 aromatic rings. The third kappa shape index (κ3) is 6.27. The maximum atomic E-state index is 13.7. The number of nitrogens with zero attached hydrogens (tertiary/aromatic N) is 2. The summed E-state index contributed by atoms with van der Waals surface area (Å²) >= 11 is 6.24. The van der Waals surface area contributed by atoms with Crippen molar-refractivity contribution in [1.82, 2.24) is 4.90 Å². The van der Waals surface area contributed by atoms with E-state index in [9.17, 15) is 13.2 Å². The zero-order chi connectivity index (χ0) is 24.0. The highest BCUT2D eigenvalue weighted by atomic mass is 35.5. The summed E-state index contributed by atoms with van der Waals surface area (Å²) in [5.41, 5.74) is 2.20. The lowest BCUT2D eigenvalue weighted by Gasteiger charge is -2.33. The Morgan fingerprint density at radius 1 is 0.939 bits per heavy atom. The number of carbonyl (C=O) groups excluding carboxylic acids is 1. The van der Waals surface area contributed by atoms with Crippen LogP contribution in [0.4, 0.5) is 5.69 Å². The Hall–Kier alpha value is -3.03. The second kappa shape index (κ2) is 10.7. The lowest BCUT2D eigenvalue weighted by molar-refractivity contribution is -0.133. The second-order valence-electron chi connectivity index (χ2n) is 7.72. The Bertz CT molecular complexity index is 1150. The lowest BCUT2D eigenvalue weighted by Crippen LogP contribution is -2.49. The molecule has 0 spiro atoms. The van der Waals surface area contributed by atoms with Crippen LogP contribution in [0.3, 0.4) is 0 Å². The van der Waals surface area contributed by atoms with Crippen molar-refractivity contribution in [2.45, 2.75) is 26.1 Å². The number of amides is 1. The highest BCUT2D eigenvalue weighted by Crippen LogP contribution is 2.31. The zero-order valence-electron chi connectivity index (χ0n) is 18.8. The average molecular weight is 487 g/mol. The number of rotatable bonds is 9. The molecule has 8 heteroatoms. The molecule has 1 amide bonds. The number of anilines is 1. The highest BCUT2D eigenvalue weighted by molar-refractivity contribution is 7.92. The molecule has 33 heavy (non-hydrogen) atoms. The van der Waals surface area contributed by atoms with Gasteiger partial charge in [0.25, 0.3) is 0 Å². The van der Waals surface area contributed by atoms with Crippen molar-refractivity contribution < 1.29 is 17.9 Å². The molecular weight excluding hydrogens is 460 g/mol. The number of hydrogen-bond donors (Lipinski definition) is 0. The van der Waals surface area contributed by atoms with Gasteiger partial charge in [0.15, 0.2) is 0 Å². The third-order valence-corrected chi connectivity index (χ3v) is 6.74. The van der Waals surface area contributed by atoms with Gasteiger partial charge in [0.2, 0.25) is 15.9 Å². The first kappa shape index (κ1) is 24.6. The number of methoxy groups -OCH3 is 1. The Morgan fingerprint density at radius 2 is 1.45 bits per heavy atom.